The Balaban J connectivity index is 2.26. The number of hydrogen-bond acceptors (Lipinski definition) is 1. The van der Waals surface area contributed by atoms with Gasteiger partial charge in [-0.3, -0.25) is 0 Å². The molecule has 0 amide bonds. The summed E-state index contributed by atoms with van der Waals surface area (Å²) in [5, 5.41) is 3.38. The molecule has 1 N–H and O–H groups in total. The zero-order chi connectivity index (χ0) is 11.1. The van der Waals surface area contributed by atoms with Crippen LogP contribution in [0.25, 0.3) is 0 Å². The SMILES string of the molecule is CC(C)(C)C1CNc2ccc(F)cc2C1. The lowest BCUT2D eigenvalue weighted by molar-refractivity contribution is 0.247. The van der Waals surface area contributed by atoms with Crippen LogP contribution in [0.15, 0.2) is 18.2 Å². The number of halogens is 1. The molecule has 0 bridgehead atoms. The lowest BCUT2D eigenvalue weighted by Gasteiger charge is -2.35. The van der Waals surface area contributed by atoms with Gasteiger partial charge in [0.05, 0.1) is 0 Å². The number of hydrogen-bond donors (Lipinski definition) is 1. The maximum absolute atomic E-state index is 13.1. The van der Waals surface area contributed by atoms with Gasteiger partial charge in [-0.15, -0.1) is 0 Å². The van der Waals surface area contributed by atoms with Crippen LogP contribution in [0.5, 0.6) is 0 Å². The van der Waals surface area contributed by atoms with Crippen LogP contribution in [0.2, 0.25) is 0 Å². The largest absolute Gasteiger partial charge is 0.385 e. The van der Waals surface area contributed by atoms with E-state index in [9.17, 15) is 4.39 Å². The van der Waals surface area contributed by atoms with E-state index in [1.54, 1.807) is 6.07 Å². The van der Waals surface area contributed by atoms with Gasteiger partial charge in [0.1, 0.15) is 5.82 Å². The summed E-state index contributed by atoms with van der Waals surface area (Å²) >= 11 is 0. The van der Waals surface area contributed by atoms with Crippen molar-refractivity contribution in [2.24, 2.45) is 11.3 Å². The highest BCUT2D eigenvalue weighted by Crippen LogP contribution is 2.34. The minimum absolute atomic E-state index is 0.134. The number of benzene rings is 1. The topological polar surface area (TPSA) is 12.0 Å². The molecule has 1 nitrogen and oxygen atoms in total. The van der Waals surface area contributed by atoms with Crippen LogP contribution >= 0.6 is 0 Å². The lowest BCUT2D eigenvalue weighted by atomic mass is 9.75. The molecular weight excluding hydrogens is 189 g/mol. The molecule has 0 fully saturated rings. The molecule has 1 aliphatic rings. The summed E-state index contributed by atoms with van der Waals surface area (Å²) < 4.78 is 13.1. The van der Waals surface area contributed by atoms with Gasteiger partial charge in [0, 0.05) is 12.2 Å². The monoisotopic (exact) mass is 207 g/mol. The fraction of sp³-hybridized carbons (Fsp3) is 0.538. The molecule has 0 aliphatic carbocycles. The predicted molar refractivity (Wildman–Crippen MR) is 61.5 cm³/mol. The van der Waals surface area contributed by atoms with Crippen molar-refractivity contribution in [1.82, 2.24) is 0 Å². The minimum Gasteiger partial charge on any atom is -0.385 e. The summed E-state index contributed by atoms with van der Waals surface area (Å²) in [6.45, 7) is 7.71. The third-order valence-electron chi connectivity index (χ3n) is 3.30. The molecule has 1 atom stereocenters. The summed E-state index contributed by atoms with van der Waals surface area (Å²) in [6, 6.07) is 5.01. The van der Waals surface area contributed by atoms with Crippen molar-refractivity contribution in [3.8, 4) is 0 Å². The Hall–Kier alpha value is -1.05. The second kappa shape index (κ2) is 3.51. The first kappa shape index (κ1) is 10.5. The molecule has 1 aliphatic heterocycles. The Morgan fingerprint density at radius 2 is 2.07 bits per heavy atom. The first-order chi connectivity index (χ1) is 6.97. The molecule has 82 valence electrons. The molecule has 15 heavy (non-hydrogen) atoms. The second-order valence-corrected chi connectivity index (χ2v) is 5.45. The van der Waals surface area contributed by atoms with Gasteiger partial charge in [0.15, 0.2) is 0 Å². The highest BCUT2D eigenvalue weighted by atomic mass is 19.1. The molecule has 2 heteroatoms. The normalized spacial score (nSPS) is 20.7. The van der Waals surface area contributed by atoms with Gasteiger partial charge in [-0.25, -0.2) is 4.39 Å². The average molecular weight is 207 g/mol. The molecular formula is C13H18FN. The third kappa shape index (κ3) is 2.14. The molecule has 0 radical (unpaired) electrons. The van der Waals surface area contributed by atoms with E-state index in [1.165, 1.54) is 6.07 Å². The smallest absolute Gasteiger partial charge is 0.123 e. The van der Waals surface area contributed by atoms with Crippen molar-refractivity contribution in [3.63, 3.8) is 0 Å². The van der Waals surface area contributed by atoms with Gasteiger partial charge in [-0.2, -0.15) is 0 Å². The van der Waals surface area contributed by atoms with Gasteiger partial charge < -0.3 is 5.32 Å². The van der Waals surface area contributed by atoms with Crippen LogP contribution in [0.1, 0.15) is 26.3 Å². The fourth-order valence-corrected chi connectivity index (χ4v) is 2.09. The number of nitrogens with one attached hydrogen (secondary N) is 1. The zero-order valence-electron chi connectivity index (χ0n) is 9.60. The number of anilines is 1. The summed E-state index contributed by atoms with van der Waals surface area (Å²) in [5.41, 5.74) is 2.48. The summed E-state index contributed by atoms with van der Waals surface area (Å²) in [6.07, 6.45) is 0.976. The highest BCUT2D eigenvalue weighted by Gasteiger charge is 2.28. The van der Waals surface area contributed by atoms with Crippen molar-refractivity contribution in [2.75, 3.05) is 11.9 Å². The Kier molecular flexibility index (Phi) is 2.45. The molecule has 2 rings (SSSR count). The van der Waals surface area contributed by atoms with E-state index < -0.39 is 0 Å². The van der Waals surface area contributed by atoms with Crippen LogP contribution in [-0.4, -0.2) is 6.54 Å². The van der Waals surface area contributed by atoms with E-state index >= 15 is 0 Å². The second-order valence-electron chi connectivity index (χ2n) is 5.45. The number of fused-ring (bicyclic) bond motifs is 1. The van der Waals surface area contributed by atoms with E-state index in [4.69, 9.17) is 0 Å². The van der Waals surface area contributed by atoms with Gasteiger partial charge in [0.2, 0.25) is 0 Å². The van der Waals surface area contributed by atoms with E-state index in [0.29, 0.717) is 5.92 Å². The quantitative estimate of drug-likeness (QED) is 0.687. The maximum Gasteiger partial charge on any atom is 0.123 e. The molecule has 0 saturated heterocycles. The maximum atomic E-state index is 13.1. The van der Waals surface area contributed by atoms with Crippen LogP contribution < -0.4 is 5.32 Å². The first-order valence-corrected chi connectivity index (χ1v) is 5.49. The van der Waals surface area contributed by atoms with E-state index in [1.807, 2.05) is 6.07 Å². The van der Waals surface area contributed by atoms with E-state index in [2.05, 4.69) is 26.1 Å². The lowest BCUT2D eigenvalue weighted by Crippen LogP contribution is -2.33. The summed E-state index contributed by atoms with van der Waals surface area (Å²) in [4.78, 5) is 0. The van der Waals surface area contributed by atoms with Crippen molar-refractivity contribution in [3.05, 3.63) is 29.6 Å². The predicted octanol–water partition coefficient (Wildman–Crippen LogP) is 3.46. The van der Waals surface area contributed by atoms with Crippen LogP contribution in [-0.2, 0) is 6.42 Å². The number of rotatable bonds is 0. The summed E-state index contributed by atoms with van der Waals surface area (Å²) in [5.74, 6) is 0.442. The van der Waals surface area contributed by atoms with Gasteiger partial charge in [-0.05, 0) is 41.5 Å². The van der Waals surface area contributed by atoms with Crippen LogP contribution in [0.3, 0.4) is 0 Å². The molecule has 0 spiro atoms. The molecule has 0 saturated carbocycles. The van der Waals surface area contributed by atoms with Crippen molar-refractivity contribution >= 4 is 5.69 Å². The molecule has 1 unspecified atom stereocenters. The molecule has 1 heterocycles. The average Bonchev–Trinajstić information content (AvgIpc) is 2.15. The first-order valence-electron chi connectivity index (χ1n) is 5.49. The van der Waals surface area contributed by atoms with Crippen molar-refractivity contribution in [2.45, 2.75) is 27.2 Å². The Bertz CT molecular complexity index is 365. The van der Waals surface area contributed by atoms with Gasteiger partial charge >= 0.3 is 0 Å². The third-order valence-corrected chi connectivity index (χ3v) is 3.30. The summed E-state index contributed by atoms with van der Waals surface area (Å²) in [7, 11) is 0. The van der Waals surface area contributed by atoms with Gasteiger partial charge in [0.25, 0.3) is 0 Å². The van der Waals surface area contributed by atoms with Crippen LogP contribution in [0, 0.1) is 17.2 Å². The minimum atomic E-state index is -0.134. The molecule has 1 aromatic rings. The standard InChI is InChI=1S/C13H18FN/c1-13(2,3)10-6-9-7-11(14)4-5-12(9)15-8-10/h4-5,7,10,15H,6,8H2,1-3H3. The van der Waals surface area contributed by atoms with Crippen molar-refractivity contribution in [1.29, 1.82) is 0 Å². The fourth-order valence-electron chi connectivity index (χ4n) is 2.09. The highest BCUT2D eigenvalue weighted by molar-refractivity contribution is 5.53. The Labute approximate surface area is 90.7 Å². The molecule has 0 aromatic heterocycles. The van der Waals surface area contributed by atoms with E-state index in [-0.39, 0.29) is 11.2 Å². The van der Waals surface area contributed by atoms with E-state index in [0.717, 1.165) is 24.2 Å². The zero-order valence-corrected chi connectivity index (χ0v) is 9.60. The van der Waals surface area contributed by atoms with Gasteiger partial charge in [-0.1, -0.05) is 20.8 Å². The van der Waals surface area contributed by atoms with Crippen LogP contribution in [0.4, 0.5) is 10.1 Å². The Morgan fingerprint density at radius 3 is 2.73 bits per heavy atom. The molecule has 1 aromatic carbocycles. The Morgan fingerprint density at radius 1 is 1.33 bits per heavy atom. The van der Waals surface area contributed by atoms with Crippen molar-refractivity contribution < 1.29 is 4.39 Å².